The second-order valence-corrected chi connectivity index (χ2v) is 8.26. The van der Waals surface area contributed by atoms with Crippen LogP contribution < -0.4 is 4.90 Å². The molecule has 0 fully saturated rings. The van der Waals surface area contributed by atoms with Gasteiger partial charge in [-0.05, 0) is 36.5 Å². The van der Waals surface area contributed by atoms with Gasteiger partial charge in [0.05, 0.1) is 12.2 Å². The van der Waals surface area contributed by atoms with Gasteiger partial charge in [0.15, 0.2) is 0 Å². The molecule has 0 amide bonds. The number of esters is 1. The Balaban J connectivity index is 1.97. The van der Waals surface area contributed by atoms with E-state index in [1.54, 1.807) is 0 Å². The molecule has 2 rings (SSSR count). The normalized spacial score (nSPS) is 13.4. The molecule has 2 aromatic rings. The molecule has 2 N–H and O–H groups in total. The lowest BCUT2D eigenvalue weighted by Crippen LogP contribution is -3.12. The number of hydrogen-bond donors (Lipinski definition) is 2. The Kier molecular flexibility index (Phi) is 9.95. The van der Waals surface area contributed by atoms with Crippen LogP contribution in [0.5, 0.6) is 0 Å². The van der Waals surface area contributed by atoms with Crippen LogP contribution in [0.15, 0.2) is 48.7 Å². The van der Waals surface area contributed by atoms with E-state index in [4.69, 9.17) is 4.74 Å². The van der Waals surface area contributed by atoms with Gasteiger partial charge in [0, 0.05) is 19.2 Å². The molecular weight excluding hydrogens is 364 g/mol. The Morgan fingerprint density at radius 3 is 2.62 bits per heavy atom. The number of rotatable bonds is 13. The van der Waals surface area contributed by atoms with Gasteiger partial charge in [0.1, 0.15) is 25.8 Å². The minimum Gasteiger partial charge on any atom is -0.463 e. The Hall–Kier alpha value is -2.11. The number of hydrogen-bond acceptors (Lipinski definition) is 3. The zero-order valence-electron chi connectivity index (χ0n) is 18.1. The van der Waals surface area contributed by atoms with Crippen molar-refractivity contribution in [1.82, 2.24) is 4.57 Å². The molecule has 0 saturated heterocycles. The van der Waals surface area contributed by atoms with Crippen LogP contribution in [0, 0.1) is 5.92 Å². The van der Waals surface area contributed by atoms with E-state index in [2.05, 4.69) is 61.0 Å². The fraction of sp³-hybridized carbons (Fsp3) is 0.542. The minimum absolute atomic E-state index is 0.0784. The molecule has 1 aromatic heterocycles. The standard InChI is InChI=1S/C24H36N2O3/c1-4-9-24(28)29-19-23(27)18-25(15-13-20(2)3)17-22-12-8-14-26(22)16-21-10-6-5-7-11-21/h5-8,10-12,14,20,23,27H,4,9,13,15-19H2,1-3H3/p+1/t23-/m0/s1. The van der Waals surface area contributed by atoms with Crippen molar-refractivity contribution < 1.29 is 19.5 Å². The predicted molar refractivity (Wildman–Crippen MR) is 116 cm³/mol. The smallest absolute Gasteiger partial charge is 0.305 e. The second-order valence-electron chi connectivity index (χ2n) is 8.26. The average Bonchev–Trinajstić information content (AvgIpc) is 3.12. The van der Waals surface area contributed by atoms with Crippen LogP contribution in [-0.4, -0.2) is 41.4 Å². The lowest BCUT2D eigenvalue weighted by Gasteiger charge is -2.24. The maximum atomic E-state index is 11.6. The highest BCUT2D eigenvalue weighted by Crippen LogP contribution is 2.07. The van der Waals surface area contributed by atoms with Crippen molar-refractivity contribution in [3.63, 3.8) is 0 Å². The summed E-state index contributed by atoms with van der Waals surface area (Å²) in [6.45, 7) is 9.70. The number of carbonyl (C=O) groups is 1. The quantitative estimate of drug-likeness (QED) is 0.508. The first-order chi connectivity index (χ1) is 14.0. The summed E-state index contributed by atoms with van der Waals surface area (Å²) in [5, 5.41) is 10.4. The van der Waals surface area contributed by atoms with Gasteiger partial charge < -0.3 is 19.3 Å². The summed E-state index contributed by atoms with van der Waals surface area (Å²) in [7, 11) is 0. The van der Waals surface area contributed by atoms with E-state index in [0.717, 1.165) is 32.5 Å². The van der Waals surface area contributed by atoms with Gasteiger partial charge in [-0.2, -0.15) is 0 Å². The monoisotopic (exact) mass is 401 g/mol. The molecule has 0 aliphatic carbocycles. The number of carbonyl (C=O) groups excluding carboxylic acids is 1. The predicted octanol–water partition coefficient (Wildman–Crippen LogP) is 2.67. The van der Waals surface area contributed by atoms with Crippen LogP contribution in [0.4, 0.5) is 0 Å². The van der Waals surface area contributed by atoms with Crippen molar-refractivity contribution in [2.75, 3.05) is 19.7 Å². The maximum Gasteiger partial charge on any atom is 0.305 e. The number of aliphatic hydroxyl groups is 1. The highest BCUT2D eigenvalue weighted by Gasteiger charge is 2.19. The van der Waals surface area contributed by atoms with E-state index in [-0.39, 0.29) is 12.6 Å². The van der Waals surface area contributed by atoms with Gasteiger partial charge in [0.2, 0.25) is 0 Å². The lowest BCUT2D eigenvalue weighted by atomic mass is 10.1. The molecule has 0 aliphatic rings. The van der Waals surface area contributed by atoms with Crippen LogP contribution in [0.25, 0.3) is 0 Å². The number of ether oxygens (including phenoxy) is 1. The second kappa shape index (κ2) is 12.5. The SMILES string of the molecule is CCCC(=O)OC[C@@H](O)C[NH+](CCC(C)C)Cc1cccn1Cc1ccccc1. The van der Waals surface area contributed by atoms with E-state index >= 15 is 0 Å². The van der Waals surface area contributed by atoms with Crippen LogP contribution in [0.3, 0.4) is 0 Å². The topological polar surface area (TPSA) is 55.9 Å². The molecular formula is C24H37N2O3+. The Labute approximate surface area is 175 Å². The molecule has 0 saturated carbocycles. The molecule has 2 atom stereocenters. The summed E-state index contributed by atoms with van der Waals surface area (Å²) in [6.07, 6.45) is 3.74. The molecule has 0 bridgehead atoms. The Bertz CT molecular complexity index is 712. The van der Waals surface area contributed by atoms with Gasteiger partial charge in [-0.1, -0.05) is 51.1 Å². The Morgan fingerprint density at radius 2 is 1.93 bits per heavy atom. The van der Waals surface area contributed by atoms with Gasteiger partial charge in [0.25, 0.3) is 0 Å². The largest absolute Gasteiger partial charge is 0.463 e. The number of benzene rings is 1. The van der Waals surface area contributed by atoms with E-state index in [9.17, 15) is 9.90 Å². The average molecular weight is 402 g/mol. The number of nitrogens with zero attached hydrogens (tertiary/aromatic N) is 1. The van der Waals surface area contributed by atoms with E-state index < -0.39 is 6.10 Å². The van der Waals surface area contributed by atoms with Gasteiger partial charge in [-0.15, -0.1) is 0 Å². The van der Waals surface area contributed by atoms with Crippen LogP contribution in [0.1, 0.15) is 51.3 Å². The van der Waals surface area contributed by atoms with Gasteiger partial charge in [-0.3, -0.25) is 4.79 Å². The number of aromatic nitrogens is 1. The first-order valence-corrected chi connectivity index (χ1v) is 10.8. The molecule has 160 valence electrons. The van der Waals surface area contributed by atoms with Crippen molar-refractivity contribution >= 4 is 5.97 Å². The molecule has 1 aromatic carbocycles. The molecule has 1 heterocycles. The van der Waals surface area contributed by atoms with Crippen LogP contribution in [-0.2, 0) is 22.6 Å². The van der Waals surface area contributed by atoms with Crippen molar-refractivity contribution in [2.45, 2.75) is 59.2 Å². The van der Waals surface area contributed by atoms with Crippen molar-refractivity contribution in [3.8, 4) is 0 Å². The number of aliphatic hydroxyl groups excluding tert-OH is 1. The van der Waals surface area contributed by atoms with Crippen molar-refractivity contribution in [1.29, 1.82) is 0 Å². The molecule has 0 radical (unpaired) electrons. The summed E-state index contributed by atoms with van der Waals surface area (Å²) in [5.41, 5.74) is 2.53. The summed E-state index contributed by atoms with van der Waals surface area (Å²) < 4.78 is 7.48. The van der Waals surface area contributed by atoms with Crippen LogP contribution >= 0.6 is 0 Å². The van der Waals surface area contributed by atoms with Crippen molar-refractivity contribution in [3.05, 3.63) is 59.9 Å². The zero-order valence-corrected chi connectivity index (χ0v) is 18.1. The zero-order chi connectivity index (χ0) is 21.1. The van der Waals surface area contributed by atoms with Gasteiger partial charge >= 0.3 is 5.97 Å². The first kappa shape index (κ1) is 23.2. The molecule has 0 aliphatic heterocycles. The Morgan fingerprint density at radius 1 is 1.17 bits per heavy atom. The third-order valence-electron chi connectivity index (χ3n) is 5.04. The molecule has 5 nitrogen and oxygen atoms in total. The van der Waals surface area contributed by atoms with Crippen LogP contribution in [0.2, 0.25) is 0 Å². The highest BCUT2D eigenvalue weighted by molar-refractivity contribution is 5.69. The number of nitrogens with one attached hydrogen (secondary N) is 1. The van der Waals surface area contributed by atoms with Crippen molar-refractivity contribution in [2.24, 2.45) is 5.92 Å². The third kappa shape index (κ3) is 8.84. The summed E-state index contributed by atoms with van der Waals surface area (Å²) in [5.74, 6) is 0.382. The summed E-state index contributed by atoms with van der Waals surface area (Å²) >= 11 is 0. The molecule has 5 heteroatoms. The fourth-order valence-corrected chi connectivity index (χ4v) is 3.41. The summed E-state index contributed by atoms with van der Waals surface area (Å²) in [6, 6.07) is 14.7. The molecule has 0 spiro atoms. The third-order valence-corrected chi connectivity index (χ3v) is 5.04. The molecule has 1 unspecified atom stereocenters. The van der Waals surface area contributed by atoms with E-state index in [1.165, 1.54) is 16.2 Å². The summed E-state index contributed by atoms with van der Waals surface area (Å²) in [4.78, 5) is 12.9. The maximum absolute atomic E-state index is 11.6. The van der Waals surface area contributed by atoms with E-state index in [0.29, 0.717) is 18.9 Å². The first-order valence-electron chi connectivity index (χ1n) is 10.8. The highest BCUT2D eigenvalue weighted by atomic mass is 16.5. The lowest BCUT2D eigenvalue weighted by molar-refractivity contribution is -0.917. The number of quaternary nitrogens is 1. The van der Waals surface area contributed by atoms with Gasteiger partial charge in [-0.25, -0.2) is 0 Å². The fourth-order valence-electron chi connectivity index (χ4n) is 3.41. The molecule has 29 heavy (non-hydrogen) atoms. The minimum atomic E-state index is -0.643. The van der Waals surface area contributed by atoms with E-state index in [1.807, 2.05) is 13.0 Å².